The van der Waals surface area contributed by atoms with Crippen LogP contribution in [0.5, 0.6) is 11.5 Å². The topological polar surface area (TPSA) is 40.5 Å². The van der Waals surface area contributed by atoms with Crippen LogP contribution in [0.15, 0.2) is 41.3 Å². The van der Waals surface area contributed by atoms with Gasteiger partial charge in [-0.05, 0) is 60.4 Å². The zero-order valence-electron chi connectivity index (χ0n) is 14.1. The summed E-state index contributed by atoms with van der Waals surface area (Å²) >= 11 is 0. The number of fused-ring (bicyclic) bond motifs is 4. The first-order valence-electron chi connectivity index (χ1n) is 8.01. The quantitative estimate of drug-likeness (QED) is 0.725. The van der Waals surface area contributed by atoms with Gasteiger partial charge in [0.25, 0.3) is 0 Å². The van der Waals surface area contributed by atoms with E-state index in [9.17, 15) is 4.79 Å². The van der Waals surface area contributed by atoms with Crippen molar-refractivity contribution >= 4 is 0 Å². The average molecular weight is 321 g/mol. The second kappa shape index (κ2) is 5.41. The van der Waals surface area contributed by atoms with Crippen molar-refractivity contribution in [2.75, 3.05) is 14.2 Å². The van der Waals surface area contributed by atoms with E-state index < -0.39 is 0 Å². The Morgan fingerprint density at radius 1 is 1.00 bits per heavy atom. The fourth-order valence-electron chi connectivity index (χ4n) is 3.54. The third-order valence-corrected chi connectivity index (χ3v) is 4.84. The molecule has 3 aliphatic rings. The van der Waals surface area contributed by atoms with Gasteiger partial charge in [-0.25, -0.2) is 0 Å². The predicted molar refractivity (Wildman–Crippen MR) is 94.3 cm³/mol. The lowest BCUT2D eigenvalue weighted by atomic mass is 9.92. The highest BCUT2D eigenvalue weighted by molar-refractivity contribution is 5.78. The molecule has 2 heterocycles. The Hall–Kier alpha value is -2.75. The summed E-state index contributed by atoms with van der Waals surface area (Å²) in [5.74, 6) is 1.28. The number of hydrogen-bond donors (Lipinski definition) is 0. The zero-order valence-corrected chi connectivity index (χ0v) is 14.1. The molecule has 0 saturated carbocycles. The van der Waals surface area contributed by atoms with Gasteiger partial charge in [-0.2, -0.15) is 0 Å². The maximum absolute atomic E-state index is 12.6. The van der Waals surface area contributed by atoms with Gasteiger partial charge in [0, 0.05) is 29.6 Å². The highest BCUT2D eigenvalue weighted by Gasteiger charge is 2.21. The van der Waals surface area contributed by atoms with Crippen LogP contribution in [0, 0.1) is 6.92 Å². The van der Waals surface area contributed by atoms with Crippen LogP contribution in [0.3, 0.4) is 0 Å². The van der Waals surface area contributed by atoms with Crippen molar-refractivity contribution in [1.82, 2.24) is 4.57 Å². The first-order chi connectivity index (χ1) is 11.6. The highest BCUT2D eigenvalue weighted by Crippen LogP contribution is 2.36. The third kappa shape index (κ3) is 2.10. The summed E-state index contributed by atoms with van der Waals surface area (Å²) in [6, 6.07) is 10.1. The lowest BCUT2D eigenvalue weighted by Gasteiger charge is -2.25. The van der Waals surface area contributed by atoms with E-state index in [4.69, 9.17) is 9.47 Å². The molecule has 1 aromatic carbocycles. The molecule has 0 unspecified atom stereocenters. The van der Waals surface area contributed by atoms with Crippen LogP contribution in [0.2, 0.25) is 0 Å². The van der Waals surface area contributed by atoms with Crippen LogP contribution in [0.25, 0.3) is 22.4 Å². The molecule has 0 bridgehead atoms. The number of benzene rings is 2. The molecule has 1 aliphatic carbocycles. The molecule has 24 heavy (non-hydrogen) atoms. The van der Waals surface area contributed by atoms with E-state index in [1.165, 1.54) is 18.2 Å². The van der Waals surface area contributed by atoms with Crippen molar-refractivity contribution in [3.8, 4) is 33.9 Å². The molecule has 0 saturated heterocycles. The normalized spacial score (nSPS) is 12.6. The number of aromatic nitrogens is 1. The Morgan fingerprint density at radius 2 is 1.83 bits per heavy atom. The minimum atomic E-state index is -0.0473. The number of rotatable bonds is 2. The predicted octanol–water partition coefficient (Wildman–Crippen LogP) is 3.50. The molecule has 0 aromatic heterocycles. The molecular formula is C20H19NO3. The molecule has 1 aromatic rings. The molecule has 0 amide bonds. The smallest absolute Gasteiger partial charge is 0.229 e. The summed E-state index contributed by atoms with van der Waals surface area (Å²) in [4.78, 5) is 12.6. The summed E-state index contributed by atoms with van der Waals surface area (Å²) in [6.45, 7) is 2.86. The van der Waals surface area contributed by atoms with Crippen molar-refractivity contribution in [3.05, 3.63) is 57.9 Å². The zero-order chi connectivity index (χ0) is 16.8. The summed E-state index contributed by atoms with van der Waals surface area (Å²) in [5.41, 5.74) is 6.32. The number of aryl methyl sites for hydroxylation is 3. The monoisotopic (exact) mass is 321 g/mol. The number of methoxy groups -OCH3 is 2. The van der Waals surface area contributed by atoms with Gasteiger partial charge >= 0.3 is 0 Å². The van der Waals surface area contributed by atoms with E-state index in [0.29, 0.717) is 11.3 Å². The van der Waals surface area contributed by atoms with E-state index >= 15 is 0 Å². The lowest BCUT2D eigenvalue weighted by Crippen LogP contribution is -2.17. The van der Waals surface area contributed by atoms with E-state index in [2.05, 4.69) is 22.8 Å². The van der Waals surface area contributed by atoms with Gasteiger partial charge in [-0.3, -0.25) is 4.79 Å². The van der Waals surface area contributed by atoms with E-state index in [1.807, 2.05) is 25.3 Å². The molecule has 0 atom stereocenters. The van der Waals surface area contributed by atoms with E-state index in [0.717, 1.165) is 35.5 Å². The number of ether oxygens (including phenoxy) is 2. The summed E-state index contributed by atoms with van der Waals surface area (Å²) in [5, 5.41) is 0. The number of nitrogens with zero attached hydrogens (tertiary/aromatic N) is 1. The van der Waals surface area contributed by atoms with Gasteiger partial charge in [0.1, 0.15) is 5.75 Å². The molecular weight excluding hydrogens is 302 g/mol. The van der Waals surface area contributed by atoms with Gasteiger partial charge < -0.3 is 14.0 Å². The summed E-state index contributed by atoms with van der Waals surface area (Å²) in [7, 11) is 3.23. The van der Waals surface area contributed by atoms with Crippen LogP contribution >= 0.6 is 0 Å². The van der Waals surface area contributed by atoms with Crippen LogP contribution in [0.1, 0.15) is 11.1 Å². The Morgan fingerprint density at radius 3 is 2.58 bits per heavy atom. The Balaban J connectivity index is 1.99. The molecule has 4 nitrogen and oxygen atoms in total. The average Bonchev–Trinajstić information content (AvgIpc) is 2.62. The van der Waals surface area contributed by atoms with Crippen LogP contribution in [-0.4, -0.2) is 18.8 Å². The molecule has 4 rings (SSSR count). The SMILES string of the molecule is COc1ccc2c(c1)CCn1cc3c(=O)c(OC)cc(C)c-3cc1-2. The number of hydrogen-bond acceptors (Lipinski definition) is 3. The van der Waals surface area contributed by atoms with Gasteiger partial charge in [0.2, 0.25) is 5.43 Å². The highest BCUT2D eigenvalue weighted by atomic mass is 16.5. The van der Waals surface area contributed by atoms with Crippen molar-refractivity contribution < 1.29 is 9.47 Å². The second-order valence-corrected chi connectivity index (χ2v) is 6.18. The van der Waals surface area contributed by atoms with Gasteiger partial charge in [-0.1, -0.05) is 0 Å². The van der Waals surface area contributed by atoms with E-state index in [1.54, 1.807) is 7.11 Å². The van der Waals surface area contributed by atoms with Crippen LogP contribution in [-0.2, 0) is 13.0 Å². The Bertz CT molecular complexity index is 971. The van der Waals surface area contributed by atoms with Crippen molar-refractivity contribution in [3.63, 3.8) is 0 Å². The Kier molecular flexibility index (Phi) is 3.34. The maximum atomic E-state index is 12.6. The summed E-state index contributed by atoms with van der Waals surface area (Å²) < 4.78 is 12.7. The molecule has 0 spiro atoms. The molecule has 0 N–H and O–H groups in total. The first kappa shape index (κ1) is 14.8. The van der Waals surface area contributed by atoms with Crippen LogP contribution < -0.4 is 14.9 Å². The Labute approximate surface area is 140 Å². The minimum Gasteiger partial charge on any atom is -0.497 e. The molecule has 2 aliphatic heterocycles. The van der Waals surface area contributed by atoms with Gasteiger partial charge in [0.05, 0.1) is 14.2 Å². The molecule has 122 valence electrons. The minimum absolute atomic E-state index is 0.0473. The molecule has 0 radical (unpaired) electrons. The fourth-order valence-corrected chi connectivity index (χ4v) is 3.54. The standard InChI is InChI=1S/C20H19NO3/c1-12-8-19(24-3)20(22)17-11-21-7-6-13-9-14(23-2)4-5-15(13)18(21)10-16(12)17/h4-5,8-11H,6-7H2,1-3H3. The third-order valence-electron chi connectivity index (χ3n) is 4.84. The maximum Gasteiger partial charge on any atom is 0.229 e. The molecule has 4 heteroatoms. The number of pyridine rings is 1. The fraction of sp³-hybridized carbons (Fsp3) is 0.250. The van der Waals surface area contributed by atoms with E-state index in [-0.39, 0.29) is 5.43 Å². The summed E-state index contributed by atoms with van der Waals surface area (Å²) in [6.07, 6.45) is 2.89. The van der Waals surface area contributed by atoms with Crippen molar-refractivity contribution in [1.29, 1.82) is 0 Å². The molecule has 0 fully saturated rings. The van der Waals surface area contributed by atoms with Crippen molar-refractivity contribution in [2.45, 2.75) is 19.9 Å². The lowest BCUT2D eigenvalue weighted by molar-refractivity contribution is 0.410. The van der Waals surface area contributed by atoms with Gasteiger partial charge in [-0.15, -0.1) is 0 Å². The van der Waals surface area contributed by atoms with Gasteiger partial charge in [0.15, 0.2) is 5.75 Å². The van der Waals surface area contributed by atoms with Crippen LogP contribution in [0.4, 0.5) is 0 Å². The van der Waals surface area contributed by atoms with Crippen molar-refractivity contribution in [2.24, 2.45) is 0 Å². The largest absolute Gasteiger partial charge is 0.497 e. The second-order valence-electron chi connectivity index (χ2n) is 6.18. The first-order valence-corrected chi connectivity index (χ1v) is 8.01.